The van der Waals surface area contributed by atoms with Crippen LogP contribution < -0.4 is 15.4 Å². The van der Waals surface area contributed by atoms with E-state index in [2.05, 4.69) is 43.5 Å². The van der Waals surface area contributed by atoms with Gasteiger partial charge < -0.3 is 15.4 Å². The van der Waals surface area contributed by atoms with Crippen molar-refractivity contribution in [3.63, 3.8) is 0 Å². The molecule has 2 aromatic carbocycles. The van der Waals surface area contributed by atoms with Gasteiger partial charge in [-0.1, -0.05) is 45.0 Å². The number of thiocarbonyl (C=S) groups is 1. The maximum Gasteiger partial charge on any atom is 0.226 e. The molecule has 2 aromatic rings. The third-order valence-corrected chi connectivity index (χ3v) is 4.12. The molecule has 2 N–H and O–H groups in total. The van der Waals surface area contributed by atoms with Crippen LogP contribution in [0, 0.1) is 5.82 Å². The maximum atomic E-state index is 13.5. The number of carbonyl (C=O) groups is 1. The number of nitrogens with one attached hydrogen (secondary N) is 2. The molecule has 27 heavy (non-hydrogen) atoms. The van der Waals surface area contributed by atoms with Gasteiger partial charge in [0.1, 0.15) is 11.6 Å². The third kappa shape index (κ3) is 6.98. The van der Waals surface area contributed by atoms with Crippen LogP contribution in [0.5, 0.6) is 5.75 Å². The number of amides is 1. The summed E-state index contributed by atoms with van der Waals surface area (Å²) < 4.78 is 19.2. The van der Waals surface area contributed by atoms with E-state index in [0.29, 0.717) is 13.0 Å². The molecule has 0 fully saturated rings. The first-order valence-corrected chi connectivity index (χ1v) is 9.25. The Morgan fingerprint density at radius 1 is 1.11 bits per heavy atom. The molecule has 0 aromatic heterocycles. The van der Waals surface area contributed by atoms with Crippen LogP contribution in [-0.2, 0) is 10.2 Å². The SMILES string of the molecule is CC(C)(C)c1ccc(OCCCC(=O)NC(=S)Nc2ccccc2F)cc1. The fourth-order valence-electron chi connectivity index (χ4n) is 2.38. The molecule has 1 amide bonds. The van der Waals surface area contributed by atoms with E-state index in [4.69, 9.17) is 17.0 Å². The van der Waals surface area contributed by atoms with Gasteiger partial charge in [-0.25, -0.2) is 4.39 Å². The molecule has 144 valence electrons. The van der Waals surface area contributed by atoms with Crippen molar-refractivity contribution in [2.75, 3.05) is 11.9 Å². The summed E-state index contributed by atoms with van der Waals surface area (Å²) in [4.78, 5) is 11.9. The molecule has 0 bridgehead atoms. The number of anilines is 1. The highest BCUT2D eigenvalue weighted by atomic mass is 32.1. The Balaban J connectivity index is 1.68. The summed E-state index contributed by atoms with van der Waals surface area (Å²) in [5.41, 5.74) is 1.57. The number of carbonyl (C=O) groups excluding carboxylic acids is 1. The monoisotopic (exact) mass is 388 g/mol. The van der Waals surface area contributed by atoms with Crippen molar-refractivity contribution in [1.82, 2.24) is 5.32 Å². The quantitative estimate of drug-likeness (QED) is 0.552. The molecular weight excluding hydrogens is 363 g/mol. The second-order valence-corrected chi connectivity index (χ2v) is 7.62. The molecule has 0 spiro atoms. The summed E-state index contributed by atoms with van der Waals surface area (Å²) in [6.07, 6.45) is 0.814. The van der Waals surface area contributed by atoms with Crippen molar-refractivity contribution >= 4 is 28.9 Å². The number of halogens is 1. The normalized spacial score (nSPS) is 11.0. The first kappa shape index (κ1) is 20.8. The summed E-state index contributed by atoms with van der Waals surface area (Å²) in [5, 5.41) is 5.28. The van der Waals surface area contributed by atoms with Crippen LogP contribution in [0.1, 0.15) is 39.2 Å². The second kappa shape index (κ2) is 9.46. The zero-order valence-corrected chi connectivity index (χ0v) is 16.7. The topological polar surface area (TPSA) is 50.4 Å². The summed E-state index contributed by atoms with van der Waals surface area (Å²) >= 11 is 5.03. The minimum Gasteiger partial charge on any atom is -0.494 e. The van der Waals surface area contributed by atoms with Gasteiger partial charge >= 0.3 is 0 Å². The zero-order valence-electron chi connectivity index (χ0n) is 15.8. The summed E-state index contributed by atoms with van der Waals surface area (Å²) in [7, 11) is 0. The van der Waals surface area contributed by atoms with Crippen LogP contribution in [-0.4, -0.2) is 17.6 Å². The predicted molar refractivity (Wildman–Crippen MR) is 111 cm³/mol. The van der Waals surface area contributed by atoms with Gasteiger partial charge in [0.15, 0.2) is 5.11 Å². The van der Waals surface area contributed by atoms with Gasteiger partial charge in [-0.3, -0.25) is 4.79 Å². The zero-order chi connectivity index (χ0) is 19.9. The first-order chi connectivity index (χ1) is 12.8. The molecule has 6 heteroatoms. The largest absolute Gasteiger partial charge is 0.494 e. The smallest absolute Gasteiger partial charge is 0.226 e. The molecule has 0 saturated heterocycles. The van der Waals surface area contributed by atoms with E-state index >= 15 is 0 Å². The van der Waals surface area contributed by atoms with Crippen LogP contribution in [0.2, 0.25) is 0 Å². The van der Waals surface area contributed by atoms with Gasteiger partial charge in [0.2, 0.25) is 5.91 Å². The van der Waals surface area contributed by atoms with Crippen molar-refractivity contribution in [2.45, 2.75) is 39.0 Å². The van der Waals surface area contributed by atoms with Gasteiger partial charge in [-0.05, 0) is 53.9 Å². The number of benzene rings is 2. The van der Waals surface area contributed by atoms with E-state index < -0.39 is 5.82 Å². The van der Waals surface area contributed by atoms with Crippen LogP contribution >= 0.6 is 12.2 Å². The van der Waals surface area contributed by atoms with E-state index in [1.54, 1.807) is 18.2 Å². The highest BCUT2D eigenvalue weighted by Gasteiger charge is 2.13. The second-order valence-electron chi connectivity index (χ2n) is 7.21. The maximum absolute atomic E-state index is 13.5. The number of hydrogen-bond acceptors (Lipinski definition) is 3. The number of ether oxygens (including phenoxy) is 1. The van der Waals surface area contributed by atoms with Crippen LogP contribution in [0.25, 0.3) is 0 Å². The fourth-order valence-corrected chi connectivity index (χ4v) is 2.60. The predicted octanol–water partition coefficient (Wildman–Crippen LogP) is 4.80. The van der Waals surface area contributed by atoms with Crippen LogP contribution in [0.4, 0.5) is 10.1 Å². The Morgan fingerprint density at radius 3 is 2.41 bits per heavy atom. The lowest BCUT2D eigenvalue weighted by atomic mass is 9.87. The van der Waals surface area contributed by atoms with E-state index in [-0.39, 0.29) is 28.5 Å². The van der Waals surface area contributed by atoms with Crippen molar-refractivity contribution < 1.29 is 13.9 Å². The molecule has 2 rings (SSSR count). The van der Waals surface area contributed by atoms with Crippen LogP contribution in [0.15, 0.2) is 48.5 Å². The number of rotatable bonds is 6. The van der Waals surface area contributed by atoms with Gasteiger partial charge in [-0.2, -0.15) is 0 Å². The molecule has 0 atom stereocenters. The standard InChI is InChI=1S/C21H25FN2O2S/c1-21(2,3)15-10-12-16(13-11-15)26-14-6-9-19(25)24-20(27)23-18-8-5-4-7-17(18)22/h4-5,7-8,10-13H,6,9,14H2,1-3H3,(H2,23,24,25,27). The van der Waals surface area contributed by atoms with Crippen molar-refractivity contribution in [1.29, 1.82) is 0 Å². The fraction of sp³-hybridized carbons (Fsp3) is 0.333. The highest BCUT2D eigenvalue weighted by molar-refractivity contribution is 7.80. The highest BCUT2D eigenvalue weighted by Crippen LogP contribution is 2.24. The molecule has 0 radical (unpaired) electrons. The lowest BCUT2D eigenvalue weighted by Crippen LogP contribution is -2.34. The third-order valence-electron chi connectivity index (χ3n) is 3.91. The molecule has 0 aliphatic heterocycles. The Labute approximate surface area is 165 Å². The van der Waals surface area contributed by atoms with E-state index in [1.807, 2.05) is 12.1 Å². The van der Waals surface area contributed by atoms with Crippen molar-refractivity contribution in [2.24, 2.45) is 0 Å². The average Bonchev–Trinajstić information content (AvgIpc) is 2.60. The summed E-state index contributed by atoms with van der Waals surface area (Å²) in [5.74, 6) is 0.107. The first-order valence-electron chi connectivity index (χ1n) is 8.84. The molecular formula is C21H25FN2O2S. The molecule has 0 aliphatic carbocycles. The minimum absolute atomic E-state index is 0.0730. The molecule has 4 nitrogen and oxygen atoms in total. The summed E-state index contributed by atoms with van der Waals surface area (Å²) in [6, 6.07) is 14.1. The Kier molecular flexibility index (Phi) is 7.30. The molecule has 0 heterocycles. The van der Waals surface area contributed by atoms with Crippen molar-refractivity contribution in [3.05, 3.63) is 59.9 Å². The molecule has 0 unspecified atom stereocenters. The minimum atomic E-state index is -0.431. The van der Waals surface area contributed by atoms with E-state index in [1.165, 1.54) is 11.6 Å². The van der Waals surface area contributed by atoms with Gasteiger partial charge in [-0.15, -0.1) is 0 Å². The van der Waals surface area contributed by atoms with Crippen LogP contribution in [0.3, 0.4) is 0 Å². The van der Waals surface area contributed by atoms with Crippen molar-refractivity contribution in [3.8, 4) is 5.75 Å². The lowest BCUT2D eigenvalue weighted by molar-refractivity contribution is -0.119. The number of hydrogen-bond donors (Lipinski definition) is 2. The summed E-state index contributed by atoms with van der Waals surface area (Å²) in [6.45, 7) is 6.91. The Bertz CT molecular complexity index is 786. The van der Waals surface area contributed by atoms with E-state index in [9.17, 15) is 9.18 Å². The Morgan fingerprint density at radius 2 is 1.78 bits per heavy atom. The molecule has 0 aliphatic rings. The van der Waals surface area contributed by atoms with Gasteiger partial charge in [0, 0.05) is 6.42 Å². The average molecular weight is 389 g/mol. The van der Waals surface area contributed by atoms with Gasteiger partial charge in [0.25, 0.3) is 0 Å². The lowest BCUT2D eigenvalue weighted by Gasteiger charge is -2.19. The Hall–Kier alpha value is -2.47. The van der Waals surface area contributed by atoms with E-state index in [0.717, 1.165) is 5.75 Å². The number of para-hydroxylation sites is 1. The van der Waals surface area contributed by atoms with Gasteiger partial charge in [0.05, 0.1) is 12.3 Å². The molecule has 0 saturated carbocycles.